The van der Waals surface area contributed by atoms with E-state index < -0.39 is 19.8 Å². The van der Waals surface area contributed by atoms with Crippen molar-refractivity contribution >= 4 is 37.2 Å². The van der Waals surface area contributed by atoms with Crippen LogP contribution in [0.3, 0.4) is 0 Å². The lowest BCUT2D eigenvalue weighted by molar-refractivity contribution is 0.102. The van der Waals surface area contributed by atoms with Crippen molar-refractivity contribution in [1.82, 2.24) is 14.5 Å². The number of hydrogen-bond acceptors (Lipinski definition) is 6. The third kappa shape index (κ3) is 4.72. The van der Waals surface area contributed by atoms with Gasteiger partial charge in [-0.3, -0.25) is 4.79 Å². The van der Waals surface area contributed by atoms with Crippen LogP contribution >= 0.6 is 19.8 Å². The normalized spacial score (nSPS) is 11.3. The highest BCUT2D eigenvalue weighted by Gasteiger charge is 2.17. The zero-order valence-corrected chi connectivity index (χ0v) is 16.4. The Balaban J connectivity index is 1.80. The van der Waals surface area contributed by atoms with E-state index in [1.165, 1.54) is 18.3 Å². The van der Waals surface area contributed by atoms with Gasteiger partial charge in [-0.25, -0.2) is 14.4 Å². The quantitative estimate of drug-likeness (QED) is 0.413. The Morgan fingerprint density at radius 3 is 2.79 bits per heavy atom. The van der Waals surface area contributed by atoms with Crippen molar-refractivity contribution in [2.45, 2.75) is 16.2 Å². The van der Waals surface area contributed by atoms with Crippen LogP contribution in [0.1, 0.15) is 15.9 Å². The SMILES string of the molecule is Cn1ccnc1Sc1cc(C(=O)Nc2ccc(C[P+](=O)O)cn2)c(N)cc1F. The molecule has 0 aliphatic carbocycles. The Morgan fingerprint density at radius 1 is 1.39 bits per heavy atom. The number of aryl methyl sites for hydroxylation is 1. The minimum absolute atomic E-state index is 0.00640. The molecule has 0 fully saturated rings. The lowest BCUT2D eigenvalue weighted by Gasteiger charge is -2.10. The summed E-state index contributed by atoms with van der Waals surface area (Å²) in [4.78, 5) is 29.8. The second-order valence-corrected chi connectivity index (χ2v) is 7.84. The molecule has 0 saturated carbocycles. The van der Waals surface area contributed by atoms with Crippen LogP contribution in [0.2, 0.25) is 0 Å². The molecular formula is C17H16FN5O3PS+. The van der Waals surface area contributed by atoms with E-state index in [1.807, 2.05) is 0 Å². The van der Waals surface area contributed by atoms with Crippen LogP contribution in [0.15, 0.2) is 52.9 Å². The summed E-state index contributed by atoms with van der Waals surface area (Å²) in [5.41, 5.74) is 6.47. The fourth-order valence-corrected chi connectivity index (χ4v) is 3.67. The smallest absolute Gasteiger partial charge is 0.398 e. The number of benzene rings is 1. The van der Waals surface area contributed by atoms with Gasteiger partial charge in [-0.2, -0.15) is 4.89 Å². The molecule has 3 aromatic rings. The summed E-state index contributed by atoms with van der Waals surface area (Å²) in [6.07, 6.45) is 4.70. The van der Waals surface area contributed by atoms with Gasteiger partial charge >= 0.3 is 8.03 Å². The molecule has 8 nitrogen and oxygen atoms in total. The molecule has 3 rings (SSSR count). The summed E-state index contributed by atoms with van der Waals surface area (Å²) in [6.45, 7) is 0. The zero-order chi connectivity index (χ0) is 20.3. The van der Waals surface area contributed by atoms with E-state index in [2.05, 4.69) is 15.3 Å². The van der Waals surface area contributed by atoms with Crippen LogP contribution in [0.5, 0.6) is 0 Å². The summed E-state index contributed by atoms with van der Waals surface area (Å²) in [7, 11) is -0.531. The minimum Gasteiger partial charge on any atom is -0.398 e. The van der Waals surface area contributed by atoms with Crippen molar-refractivity contribution < 1.29 is 18.6 Å². The third-order valence-corrected chi connectivity index (χ3v) is 5.46. The molecule has 4 N–H and O–H groups in total. The number of carbonyl (C=O) groups excluding carboxylic acids is 1. The Morgan fingerprint density at radius 2 is 2.18 bits per heavy atom. The van der Waals surface area contributed by atoms with Gasteiger partial charge in [0, 0.05) is 36.9 Å². The van der Waals surface area contributed by atoms with Gasteiger partial charge in [0.15, 0.2) is 5.16 Å². The molecule has 1 amide bonds. The summed E-state index contributed by atoms with van der Waals surface area (Å²) in [6, 6.07) is 5.55. The maximum absolute atomic E-state index is 14.3. The fraction of sp³-hybridized carbons (Fsp3) is 0.118. The van der Waals surface area contributed by atoms with Crippen molar-refractivity contribution in [3.05, 3.63) is 59.8 Å². The number of nitrogens with zero attached hydrogens (tertiary/aromatic N) is 3. The van der Waals surface area contributed by atoms with Gasteiger partial charge in [0.1, 0.15) is 11.6 Å². The Bertz CT molecular complexity index is 1040. The molecule has 0 bridgehead atoms. The highest BCUT2D eigenvalue weighted by molar-refractivity contribution is 7.99. The van der Waals surface area contributed by atoms with E-state index in [9.17, 15) is 13.8 Å². The van der Waals surface area contributed by atoms with Crippen LogP contribution in [0.4, 0.5) is 15.9 Å². The molecular weight excluding hydrogens is 404 g/mol. The molecule has 0 radical (unpaired) electrons. The number of rotatable bonds is 6. The average Bonchev–Trinajstić information content (AvgIpc) is 3.03. The van der Waals surface area contributed by atoms with Gasteiger partial charge in [0.25, 0.3) is 5.91 Å². The van der Waals surface area contributed by atoms with Crippen LogP contribution in [0.25, 0.3) is 0 Å². The first-order valence-corrected chi connectivity index (χ1v) is 10.2. The maximum atomic E-state index is 14.3. The van der Waals surface area contributed by atoms with E-state index >= 15 is 0 Å². The van der Waals surface area contributed by atoms with Gasteiger partial charge in [-0.1, -0.05) is 0 Å². The van der Waals surface area contributed by atoms with E-state index in [4.69, 9.17) is 10.6 Å². The van der Waals surface area contributed by atoms with Crippen LogP contribution in [-0.4, -0.2) is 25.3 Å². The molecule has 28 heavy (non-hydrogen) atoms. The monoisotopic (exact) mass is 420 g/mol. The first-order valence-electron chi connectivity index (χ1n) is 7.97. The van der Waals surface area contributed by atoms with Crippen molar-refractivity contribution in [2.24, 2.45) is 7.05 Å². The lowest BCUT2D eigenvalue weighted by Crippen LogP contribution is -2.15. The standard InChI is InChI=1S/C17H15FN5O3PS/c1-23-5-4-20-17(23)28-14-6-11(13(19)7-12(14)18)16(24)22-15-3-2-10(8-21-15)9-27(25)26/h2-8H,9H2,1H3,(H3-,19,21,22,24,25,26)/p+1. The third-order valence-electron chi connectivity index (χ3n) is 3.71. The summed E-state index contributed by atoms with van der Waals surface area (Å²) in [5, 5.41) is 3.14. The maximum Gasteiger partial charge on any atom is 0.510 e. The first kappa shape index (κ1) is 19.9. The number of pyridine rings is 1. The predicted molar refractivity (Wildman–Crippen MR) is 104 cm³/mol. The Kier molecular flexibility index (Phi) is 6.03. The number of amides is 1. The Hall–Kier alpha value is -2.81. The van der Waals surface area contributed by atoms with Gasteiger partial charge in [0.2, 0.25) is 6.16 Å². The molecule has 0 saturated heterocycles. The summed E-state index contributed by atoms with van der Waals surface area (Å²) >= 11 is 1.08. The van der Waals surface area contributed by atoms with Crippen LogP contribution < -0.4 is 11.1 Å². The topological polar surface area (TPSA) is 123 Å². The number of aromatic nitrogens is 3. The van der Waals surface area contributed by atoms with Crippen molar-refractivity contribution in [3.63, 3.8) is 0 Å². The molecule has 2 heterocycles. The molecule has 0 aliphatic rings. The second kappa shape index (κ2) is 8.47. The highest BCUT2D eigenvalue weighted by Crippen LogP contribution is 2.31. The lowest BCUT2D eigenvalue weighted by atomic mass is 10.1. The van der Waals surface area contributed by atoms with Crippen LogP contribution in [0, 0.1) is 5.82 Å². The fourth-order valence-electron chi connectivity index (χ4n) is 2.32. The van der Waals surface area contributed by atoms with E-state index in [1.54, 1.807) is 30.1 Å². The molecule has 11 heteroatoms. The highest BCUT2D eigenvalue weighted by atomic mass is 32.2. The van der Waals surface area contributed by atoms with E-state index in [0.717, 1.165) is 17.8 Å². The van der Waals surface area contributed by atoms with Gasteiger partial charge in [-0.15, -0.1) is 0 Å². The number of halogens is 1. The predicted octanol–water partition coefficient (Wildman–Crippen LogP) is 3.17. The van der Waals surface area contributed by atoms with E-state index in [-0.39, 0.29) is 28.1 Å². The molecule has 2 aromatic heterocycles. The largest absolute Gasteiger partial charge is 0.510 e. The number of nitrogens with one attached hydrogen (secondary N) is 1. The first-order chi connectivity index (χ1) is 13.3. The number of hydrogen-bond donors (Lipinski definition) is 3. The number of carbonyl (C=O) groups is 1. The number of imidazole rings is 1. The number of anilines is 2. The van der Waals surface area contributed by atoms with Gasteiger partial charge in [0.05, 0.1) is 10.5 Å². The molecule has 1 aromatic carbocycles. The second-order valence-electron chi connectivity index (χ2n) is 5.81. The number of nitrogens with two attached hydrogens (primary N) is 1. The zero-order valence-electron chi connectivity index (χ0n) is 14.7. The van der Waals surface area contributed by atoms with Crippen molar-refractivity contribution in [1.29, 1.82) is 0 Å². The average molecular weight is 420 g/mol. The molecule has 144 valence electrons. The molecule has 1 atom stereocenters. The molecule has 0 spiro atoms. The van der Waals surface area contributed by atoms with Crippen LogP contribution in [-0.2, 0) is 17.8 Å². The van der Waals surface area contributed by atoms with E-state index in [0.29, 0.717) is 10.7 Å². The van der Waals surface area contributed by atoms with Gasteiger partial charge in [-0.05, 0) is 40.6 Å². The summed E-state index contributed by atoms with van der Waals surface area (Å²) in [5.74, 6) is -0.862. The molecule has 0 aliphatic heterocycles. The van der Waals surface area contributed by atoms with Crippen molar-refractivity contribution in [3.8, 4) is 0 Å². The Labute approximate surface area is 164 Å². The molecule has 1 unspecified atom stereocenters. The summed E-state index contributed by atoms with van der Waals surface area (Å²) < 4.78 is 26.8. The van der Waals surface area contributed by atoms with Crippen molar-refractivity contribution in [2.75, 3.05) is 11.1 Å². The number of nitrogen functional groups attached to an aromatic ring is 1. The minimum atomic E-state index is -2.31. The van der Waals surface area contributed by atoms with Gasteiger partial charge < -0.3 is 15.6 Å².